The first-order valence-corrected chi connectivity index (χ1v) is 25.3. The fourth-order valence-corrected chi connectivity index (χ4v) is 9.32. The monoisotopic (exact) mass is 863 g/mol. The Morgan fingerprint density at radius 1 is 0.548 bits per heavy atom. The predicted molar refractivity (Wildman–Crippen MR) is 251 cm³/mol. The van der Waals surface area contributed by atoms with Crippen LogP contribution in [0.15, 0.2) is 48.5 Å². The third kappa shape index (κ3) is 21.9. The second-order valence-electron chi connectivity index (χ2n) is 18.8. The molecule has 0 aromatic heterocycles. The van der Waals surface area contributed by atoms with Crippen molar-refractivity contribution in [3.63, 3.8) is 0 Å². The van der Waals surface area contributed by atoms with E-state index in [1.165, 1.54) is 89.9 Å². The van der Waals surface area contributed by atoms with Crippen molar-refractivity contribution < 1.29 is 38.0 Å². The second-order valence-corrected chi connectivity index (χ2v) is 18.8. The van der Waals surface area contributed by atoms with Crippen molar-refractivity contribution >= 4 is 11.9 Å². The summed E-state index contributed by atoms with van der Waals surface area (Å²) in [5.41, 5.74) is 0.958. The zero-order valence-electron chi connectivity index (χ0n) is 39.6. The lowest BCUT2D eigenvalue weighted by Crippen LogP contribution is -2.30. The average molecular weight is 863 g/mol. The molecular formula is C54H86O8. The van der Waals surface area contributed by atoms with Crippen LogP contribution < -0.4 is 14.2 Å². The maximum Gasteiger partial charge on any atom is 0.309 e. The van der Waals surface area contributed by atoms with Crippen molar-refractivity contribution in [1.82, 2.24) is 0 Å². The summed E-state index contributed by atoms with van der Waals surface area (Å²) in [5.74, 6) is 6.45. The molecule has 0 heterocycles. The molecule has 2 aromatic rings. The summed E-state index contributed by atoms with van der Waals surface area (Å²) in [5, 5.41) is 0. The van der Waals surface area contributed by atoms with Gasteiger partial charge in [0.05, 0.1) is 25.7 Å². The van der Waals surface area contributed by atoms with E-state index in [4.69, 9.17) is 28.4 Å². The van der Waals surface area contributed by atoms with Crippen LogP contribution in [-0.2, 0) is 30.4 Å². The highest BCUT2D eigenvalue weighted by Crippen LogP contribution is 2.36. The van der Waals surface area contributed by atoms with Gasteiger partial charge in [-0.15, -0.1) is 0 Å². The summed E-state index contributed by atoms with van der Waals surface area (Å²) in [4.78, 5) is 24.0. The molecule has 3 aliphatic rings. The number of hydrogen-bond donors (Lipinski definition) is 0. The smallest absolute Gasteiger partial charge is 0.309 e. The Kier molecular flexibility index (Phi) is 26.2. The number of rotatable bonds is 27. The van der Waals surface area contributed by atoms with Gasteiger partial charge in [0.25, 0.3) is 0 Å². The summed E-state index contributed by atoms with van der Waals surface area (Å²) in [6.45, 7) is 9.82. The van der Waals surface area contributed by atoms with Gasteiger partial charge in [0.15, 0.2) is 0 Å². The molecule has 62 heavy (non-hydrogen) atoms. The number of ether oxygens (including phenoxy) is 6. The molecule has 350 valence electrons. The van der Waals surface area contributed by atoms with Crippen molar-refractivity contribution in [2.24, 2.45) is 29.6 Å². The molecular weight excluding hydrogens is 777 g/mol. The average Bonchev–Trinajstić information content (AvgIpc) is 3.30. The van der Waals surface area contributed by atoms with Crippen LogP contribution in [0.3, 0.4) is 0 Å². The van der Waals surface area contributed by atoms with Gasteiger partial charge < -0.3 is 28.4 Å². The summed E-state index contributed by atoms with van der Waals surface area (Å²) in [6.07, 6.45) is 30.0. The molecule has 3 saturated carbocycles. The quantitative estimate of drug-likeness (QED) is 0.0648. The van der Waals surface area contributed by atoms with E-state index >= 15 is 0 Å². The number of benzene rings is 2. The molecule has 0 atom stereocenters. The first-order valence-electron chi connectivity index (χ1n) is 25.3. The molecule has 2 aromatic carbocycles. The number of carbonyl (C=O) groups is 2. The zero-order chi connectivity index (χ0) is 44.0. The predicted octanol–water partition coefficient (Wildman–Crippen LogP) is 14.0. The molecule has 5 rings (SSSR count). The lowest BCUT2D eigenvalue weighted by atomic mass is 9.78. The van der Waals surface area contributed by atoms with Crippen LogP contribution in [-0.4, -0.2) is 51.6 Å². The van der Waals surface area contributed by atoms with Crippen LogP contribution >= 0.6 is 0 Å². The van der Waals surface area contributed by atoms with Gasteiger partial charge in [-0.3, -0.25) is 9.59 Å². The Labute approximate surface area is 377 Å². The van der Waals surface area contributed by atoms with Crippen LogP contribution in [0.4, 0.5) is 0 Å². The fourth-order valence-electron chi connectivity index (χ4n) is 9.32. The Morgan fingerprint density at radius 2 is 1.02 bits per heavy atom. The molecule has 0 aliphatic heterocycles. The molecule has 3 fully saturated rings. The standard InChI is InChI=1S/C28H40O6.C26H46O2/c1-3-10-28(29)34-23-24-11-13-25(14-12-24)32-21-8-9-22-33-27-17-15-26(16-18-27)31-20-7-5-4-6-19-30-2;1-3-21-14-18-25(19-15-21)28-26(27)24-16-12-23(13-17-24)7-5-4-6-22-10-8-20(2)9-11-22/h11-18H,3-10,19-23H2,1-2H3;20-25H,3-19H2,1-2H3. The zero-order valence-corrected chi connectivity index (χ0v) is 39.6. The molecule has 0 N–H and O–H groups in total. The minimum Gasteiger partial charge on any atom is -0.494 e. The molecule has 0 spiro atoms. The van der Waals surface area contributed by atoms with Crippen molar-refractivity contribution in [2.45, 2.75) is 194 Å². The van der Waals surface area contributed by atoms with Crippen LogP contribution in [0.2, 0.25) is 0 Å². The van der Waals surface area contributed by atoms with Crippen molar-refractivity contribution in [1.29, 1.82) is 0 Å². The number of carbonyl (C=O) groups excluding carboxylic acids is 2. The van der Waals surface area contributed by atoms with Gasteiger partial charge in [-0.05, 0) is 156 Å². The summed E-state index contributed by atoms with van der Waals surface area (Å²) < 4.78 is 33.5. The van der Waals surface area contributed by atoms with Crippen molar-refractivity contribution in [2.75, 3.05) is 33.5 Å². The highest BCUT2D eigenvalue weighted by atomic mass is 16.5. The van der Waals surface area contributed by atoms with E-state index in [0.717, 1.165) is 124 Å². The molecule has 3 aliphatic carbocycles. The third-order valence-corrected chi connectivity index (χ3v) is 13.6. The summed E-state index contributed by atoms with van der Waals surface area (Å²) in [7, 11) is 1.74. The molecule has 8 nitrogen and oxygen atoms in total. The van der Waals surface area contributed by atoms with Gasteiger partial charge in [0.1, 0.15) is 30.0 Å². The van der Waals surface area contributed by atoms with Gasteiger partial charge in [-0.25, -0.2) is 0 Å². The van der Waals surface area contributed by atoms with Gasteiger partial charge >= 0.3 is 11.9 Å². The lowest BCUT2D eigenvalue weighted by Gasteiger charge is -2.31. The summed E-state index contributed by atoms with van der Waals surface area (Å²) in [6, 6.07) is 15.5. The molecule has 0 saturated heterocycles. The van der Waals surface area contributed by atoms with Crippen LogP contribution in [0, 0.1) is 29.6 Å². The fraction of sp³-hybridized carbons (Fsp3) is 0.741. The minimum atomic E-state index is -0.158. The van der Waals surface area contributed by atoms with Crippen molar-refractivity contribution in [3.8, 4) is 17.2 Å². The SMILES string of the molecule is CCC1CCC(OC(=O)C2CCC(CCCCC3CCC(C)CC3)CC2)CC1.CCCC(=O)OCc1ccc(OCCCCOc2ccc(OCCCCCCOC)cc2)cc1. The third-order valence-electron chi connectivity index (χ3n) is 13.6. The van der Waals surface area contributed by atoms with E-state index < -0.39 is 0 Å². The Hall–Kier alpha value is -3.26. The first kappa shape index (κ1) is 51.4. The largest absolute Gasteiger partial charge is 0.494 e. The number of unbranched alkanes of at least 4 members (excludes halogenated alkanes) is 5. The van der Waals surface area contributed by atoms with Gasteiger partial charge in [0.2, 0.25) is 0 Å². The van der Waals surface area contributed by atoms with E-state index in [-0.39, 0.29) is 24.0 Å². The Bertz CT molecular complexity index is 1420. The molecule has 8 heteroatoms. The maximum absolute atomic E-state index is 12.6. The first-order chi connectivity index (χ1) is 30.3. The van der Waals surface area contributed by atoms with E-state index in [0.29, 0.717) is 26.2 Å². The maximum atomic E-state index is 12.6. The lowest BCUT2D eigenvalue weighted by molar-refractivity contribution is -0.157. The Balaban J connectivity index is 0.000000277. The second kappa shape index (κ2) is 31.6. The number of hydrogen-bond acceptors (Lipinski definition) is 8. The number of methoxy groups -OCH3 is 1. The van der Waals surface area contributed by atoms with Gasteiger partial charge in [-0.2, -0.15) is 0 Å². The van der Waals surface area contributed by atoms with Gasteiger partial charge in [0, 0.05) is 20.1 Å². The topological polar surface area (TPSA) is 89.5 Å². The molecule has 0 unspecified atom stereocenters. The van der Waals surface area contributed by atoms with E-state index in [1.807, 2.05) is 55.5 Å². The minimum absolute atomic E-state index is 0.130. The normalized spacial score (nSPS) is 22.5. The Morgan fingerprint density at radius 3 is 1.52 bits per heavy atom. The van der Waals surface area contributed by atoms with Crippen LogP contribution in [0.5, 0.6) is 17.2 Å². The van der Waals surface area contributed by atoms with Crippen LogP contribution in [0.25, 0.3) is 0 Å². The summed E-state index contributed by atoms with van der Waals surface area (Å²) >= 11 is 0. The molecule has 0 radical (unpaired) electrons. The highest BCUT2D eigenvalue weighted by molar-refractivity contribution is 5.72. The molecule has 0 bridgehead atoms. The number of esters is 2. The molecule has 0 amide bonds. The highest BCUT2D eigenvalue weighted by Gasteiger charge is 2.30. The van der Waals surface area contributed by atoms with E-state index in [9.17, 15) is 9.59 Å². The van der Waals surface area contributed by atoms with Gasteiger partial charge in [-0.1, -0.05) is 97.1 Å². The van der Waals surface area contributed by atoms with Crippen LogP contribution in [0.1, 0.15) is 187 Å². The van der Waals surface area contributed by atoms with Crippen molar-refractivity contribution in [3.05, 3.63) is 54.1 Å². The van der Waals surface area contributed by atoms with E-state index in [2.05, 4.69) is 13.8 Å². The van der Waals surface area contributed by atoms with E-state index in [1.54, 1.807) is 7.11 Å².